The minimum atomic E-state index is -2.12. The molecule has 0 spiro atoms. The summed E-state index contributed by atoms with van der Waals surface area (Å²) in [5, 5.41) is 0. The number of hydrogen-bond donors (Lipinski definition) is 0. The third-order valence-electron chi connectivity index (χ3n) is 7.20. The average Bonchev–Trinajstić information content (AvgIpc) is 3.19. The Morgan fingerprint density at radius 2 is 1.25 bits per heavy atom. The molecule has 0 saturated heterocycles. The molecule has 3 fully saturated rings. The lowest BCUT2D eigenvalue weighted by Gasteiger charge is -2.40. The molecule has 0 aromatic carbocycles. The molecule has 7 heteroatoms. The first-order chi connectivity index (χ1) is 12.9. The van der Waals surface area contributed by atoms with E-state index < -0.39 is 27.4 Å². The molecule has 3 rings (SSSR count). The molecule has 0 radical (unpaired) electrons. The summed E-state index contributed by atoms with van der Waals surface area (Å²) in [5.41, 5.74) is -0.617. The van der Waals surface area contributed by atoms with Gasteiger partial charge in [-0.05, 0) is 104 Å². The zero-order chi connectivity index (χ0) is 21.0. The maximum Gasteiger partial charge on any atom is 0.340 e. The Hall–Kier alpha value is -0.190. The number of fused-ring (bicyclic) bond motifs is 5. The van der Waals surface area contributed by atoms with E-state index in [1.54, 1.807) is 0 Å². The third kappa shape index (κ3) is 4.16. The molecule has 0 aromatic rings. The normalized spacial score (nSPS) is 39.7. The summed E-state index contributed by atoms with van der Waals surface area (Å²) in [7, 11) is 0. The highest BCUT2D eigenvalue weighted by Gasteiger charge is 2.67. The van der Waals surface area contributed by atoms with Gasteiger partial charge in [-0.15, -0.1) is 0 Å². The van der Waals surface area contributed by atoms with Crippen molar-refractivity contribution in [3.63, 3.8) is 0 Å². The molecular weight excluding hydrogens is 423 g/mol. The van der Waals surface area contributed by atoms with Crippen molar-refractivity contribution >= 4 is 46.7 Å². The second-order valence-electron chi connectivity index (χ2n) is 9.74. The fraction of sp³-hybridized carbons (Fsp3) is 0.905. The molecule has 0 heterocycles. The fourth-order valence-electron chi connectivity index (χ4n) is 6.61. The van der Waals surface area contributed by atoms with Crippen LogP contribution in [-0.2, 0) is 19.1 Å². The van der Waals surface area contributed by atoms with E-state index >= 15 is 0 Å². The van der Waals surface area contributed by atoms with Gasteiger partial charge in [0.15, 0.2) is 0 Å². The zero-order valence-electron chi connectivity index (χ0n) is 17.2. The molecule has 2 bridgehead atoms. The molecule has 0 N–H and O–H groups in total. The second kappa shape index (κ2) is 7.81. The van der Waals surface area contributed by atoms with Gasteiger partial charge in [-0.1, -0.05) is 26.7 Å². The van der Waals surface area contributed by atoms with Crippen molar-refractivity contribution < 1.29 is 19.1 Å². The molecule has 0 amide bonds. The van der Waals surface area contributed by atoms with E-state index in [1.807, 2.05) is 20.8 Å². The van der Waals surface area contributed by atoms with Crippen molar-refractivity contribution in [2.24, 2.45) is 47.3 Å². The van der Waals surface area contributed by atoms with Crippen LogP contribution in [0.1, 0.15) is 60.3 Å². The van der Waals surface area contributed by atoms with E-state index in [-0.39, 0.29) is 17.8 Å². The number of alkyl halides is 3. The quantitative estimate of drug-likeness (QED) is 0.400. The van der Waals surface area contributed by atoms with Gasteiger partial charge >= 0.3 is 15.9 Å². The first-order valence-corrected chi connectivity index (χ1v) is 11.5. The van der Waals surface area contributed by atoms with Crippen molar-refractivity contribution in [2.45, 2.75) is 69.9 Å². The SMILES string of the molecule is CCC1CC(CC)C2C3CC(C(C(=O)OC(C)(C)C)C3C(=O)OC(Cl)(Cl)Cl)C12. The van der Waals surface area contributed by atoms with E-state index in [9.17, 15) is 9.59 Å². The summed E-state index contributed by atoms with van der Waals surface area (Å²) < 4.78 is 8.69. The summed E-state index contributed by atoms with van der Waals surface area (Å²) in [6, 6.07) is 0. The number of hydrogen-bond acceptors (Lipinski definition) is 4. The van der Waals surface area contributed by atoms with Crippen molar-refractivity contribution in [1.82, 2.24) is 0 Å². The minimum absolute atomic E-state index is 0.0915. The van der Waals surface area contributed by atoms with Crippen LogP contribution < -0.4 is 0 Å². The molecular formula is C21H31Cl3O4. The van der Waals surface area contributed by atoms with Crippen LogP contribution in [-0.4, -0.2) is 21.5 Å². The molecule has 0 aromatic heterocycles. The molecule has 28 heavy (non-hydrogen) atoms. The van der Waals surface area contributed by atoms with Gasteiger partial charge in [-0.25, -0.2) is 0 Å². The number of carbonyl (C=O) groups is 2. The predicted octanol–water partition coefficient (Wildman–Crippen LogP) is 5.77. The van der Waals surface area contributed by atoms with Gasteiger partial charge in [0.2, 0.25) is 0 Å². The van der Waals surface area contributed by atoms with E-state index in [0.717, 1.165) is 19.3 Å². The molecule has 0 aliphatic heterocycles. The number of rotatable bonds is 4. The van der Waals surface area contributed by atoms with Crippen molar-refractivity contribution in [3.05, 3.63) is 0 Å². The second-order valence-corrected chi connectivity index (χ2v) is 11.9. The lowest BCUT2D eigenvalue weighted by atomic mass is 9.65. The first kappa shape index (κ1) is 22.5. The maximum atomic E-state index is 13.1. The Balaban J connectivity index is 1.94. The number of halogens is 3. The lowest BCUT2D eigenvalue weighted by Crippen LogP contribution is -2.46. The van der Waals surface area contributed by atoms with Crippen LogP contribution in [0.3, 0.4) is 0 Å². The Bertz CT molecular complexity index is 572. The Morgan fingerprint density at radius 1 is 0.821 bits per heavy atom. The number of esters is 2. The van der Waals surface area contributed by atoms with Crippen molar-refractivity contribution in [2.75, 3.05) is 0 Å². The van der Waals surface area contributed by atoms with Gasteiger partial charge in [0.1, 0.15) is 5.60 Å². The highest BCUT2D eigenvalue weighted by atomic mass is 35.6. The van der Waals surface area contributed by atoms with Crippen molar-refractivity contribution in [3.8, 4) is 0 Å². The number of ether oxygens (including phenoxy) is 2. The van der Waals surface area contributed by atoms with Crippen LogP contribution >= 0.6 is 34.8 Å². The van der Waals surface area contributed by atoms with Crippen LogP contribution in [0.25, 0.3) is 0 Å². The van der Waals surface area contributed by atoms with Crippen LogP contribution in [0.15, 0.2) is 0 Å². The molecule has 3 aliphatic rings. The van der Waals surface area contributed by atoms with Crippen LogP contribution in [0.4, 0.5) is 0 Å². The molecule has 3 aliphatic carbocycles. The Kier molecular flexibility index (Phi) is 6.28. The minimum Gasteiger partial charge on any atom is -0.460 e. The van der Waals surface area contributed by atoms with Crippen molar-refractivity contribution in [1.29, 1.82) is 0 Å². The summed E-state index contributed by atoms with van der Waals surface area (Å²) in [6.07, 6.45) is 4.21. The van der Waals surface area contributed by atoms with Crippen LogP contribution in [0.2, 0.25) is 0 Å². The van der Waals surface area contributed by atoms with E-state index in [1.165, 1.54) is 6.42 Å². The topological polar surface area (TPSA) is 52.6 Å². The summed E-state index contributed by atoms with van der Waals surface area (Å²) >= 11 is 17.2. The highest BCUT2D eigenvalue weighted by molar-refractivity contribution is 6.66. The molecule has 160 valence electrons. The molecule has 4 nitrogen and oxygen atoms in total. The maximum absolute atomic E-state index is 13.1. The average molecular weight is 454 g/mol. The van der Waals surface area contributed by atoms with Gasteiger partial charge in [0, 0.05) is 0 Å². The zero-order valence-corrected chi connectivity index (χ0v) is 19.5. The molecule has 8 unspecified atom stereocenters. The molecule has 3 saturated carbocycles. The first-order valence-electron chi connectivity index (χ1n) is 10.4. The summed E-state index contributed by atoms with van der Waals surface area (Å²) in [6.45, 7) is 9.96. The van der Waals surface area contributed by atoms with Gasteiger partial charge in [-0.3, -0.25) is 9.59 Å². The third-order valence-corrected chi connectivity index (χ3v) is 7.43. The van der Waals surface area contributed by atoms with E-state index in [2.05, 4.69) is 13.8 Å². The summed E-state index contributed by atoms with van der Waals surface area (Å²) in [5.74, 6) is 0.286. The molecule has 8 atom stereocenters. The highest BCUT2D eigenvalue weighted by Crippen LogP contribution is 2.68. The largest absolute Gasteiger partial charge is 0.460 e. The van der Waals surface area contributed by atoms with Crippen LogP contribution in [0.5, 0.6) is 0 Å². The van der Waals surface area contributed by atoms with Gasteiger partial charge in [0.25, 0.3) is 0 Å². The number of carbonyl (C=O) groups excluding carboxylic acids is 2. The Morgan fingerprint density at radius 3 is 1.61 bits per heavy atom. The fourth-order valence-corrected chi connectivity index (χ4v) is 6.84. The smallest absolute Gasteiger partial charge is 0.340 e. The predicted molar refractivity (Wildman–Crippen MR) is 110 cm³/mol. The standard InChI is InChI=1S/C21H31Cl3O4/c1-6-10-8-11(7-2)15-13-9-12(14(10)15)16(18(25)27-20(3,4)5)17(13)19(26)28-21(22,23)24/h10-17H,6-9H2,1-5H3. The Labute approximate surface area is 182 Å². The van der Waals surface area contributed by atoms with E-state index in [0.29, 0.717) is 23.7 Å². The van der Waals surface area contributed by atoms with Gasteiger partial charge in [0.05, 0.1) is 11.8 Å². The van der Waals surface area contributed by atoms with E-state index in [4.69, 9.17) is 44.3 Å². The van der Waals surface area contributed by atoms with Gasteiger partial charge < -0.3 is 9.47 Å². The summed E-state index contributed by atoms with van der Waals surface area (Å²) in [4.78, 5) is 26.1. The van der Waals surface area contributed by atoms with Gasteiger partial charge in [-0.2, -0.15) is 0 Å². The monoisotopic (exact) mass is 452 g/mol. The lowest BCUT2D eigenvalue weighted by molar-refractivity contribution is -0.174. The van der Waals surface area contributed by atoms with Crippen LogP contribution in [0, 0.1) is 47.3 Å².